The average molecular weight is 355 g/mol. The van der Waals surface area contributed by atoms with E-state index in [1.54, 1.807) is 6.07 Å². The van der Waals surface area contributed by atoms with E-state index >= 15 is 0 Å². The molecule has 1 aliphatic heterocycles. The van der Waals surface area contributed by atoms with Gasteiger partial charge in [0.1, 0.15) is 0 Å². The average Bonchev–Trinajstić information content (AvgIpc) is 3.10. The van der Waals surface area contributed by atoms with Gasteiger partial charge in [0.25, 0.3) is 5.91 Å². The number of nitrogens with zero attached hydrogens (tertiary/aromatic N) is 2. The molecule has 0 aliphatic carbocycles. The second-order valence-electron chi connectivity index (χ2n) is 7.59. The van der Waals surface area contributed by atoms with E-state index in [0.29, 0.717) is 24.1 Å². The first-order valence-corrected chi connectivity index (χ1v) is 9.63. The number of hydrogen-bond acceptors (Lipinski definition) is 4. The number of hydrogen-bond donors (Lipinski definition) is 1. The highest BCUT2D eigenvalue weighted by Gasteiger charge is 2.21. The van der Waals surface area contributed by atoms with E-state index in [4.69, 9.17) is 4.52 Å². The quantitative estimate of drug-likeness (QED) is 0.826. The van der Waals surface area contributed by atoms with Gasteiger partial charge in [-0.3, -0.25) is 4.79 Å². The van der Waals surface area contributed by atoms with Gasteiger partial charge in [0.05, 0.1) is 5.69 Å². The van der Waals surface area contributed by atoms with E-state index < -0.39 is 0 Å². The van der Waals surface area contributed by atoms with Gasteiger partial charge in [-0.15, -0.1) is 0 Å². The molecule has 0 radical (unpaired) electrons. The van der Waals surface area contributed by atoms with Gasteiger partial charge in [-0.2, -0.15) is 0 Å². The molecule has 1 atom stereocenters. The monoisotopic (exact) mass is 355 g/mol. The number of benzene rings is 1. The molecule has 3 rings (SSSR count). The largest absolute Gasteiger partial charge is 0.351 e. The summed E-state index contributed by atoms with van der Waals surface area (Å²) < 4.78 is 5.17. The van der Waals surface area contributed by atoms with E-state index in [1.165, 1.54) is 18.4 Å². The Labute approximate surface area is 155 Å². The molecule has 2 heterocycles. The summed E-state index contributed by atoms with van der Waals surface area (Å²) >= 11 is 0. The maximum atomic E-state index is 12.2. The summed E-state index contributed by atoms with van der Waals surface area (Å²) in [5.74, 6) is 1.21. The van der Waals surface area contributed by atoms with Crippen molar-refractivity contribution in [3.8, 4) is 0 Å². The molecule has 26 heavy (non-hydrogen) atoms. The lowest BCUT2D eigenvalue weighted by Crippen LogP contribution is -2.40. The number of likely N-dealkylation sites (tertiary alicyclic amines) is 1. The zero-order valence-corrected chi connectivity index (χ0v) is 15.8. The highest BCUT2D eigenvalue weighted by atomic mass is 16.5. The second kappa shape index (κ2) is 8.99. The number of amides is 1. The molecule has 5 nitrogen and oxygen atoms in total. The summed E-state index contributed by atoms with van der Waals surface area (Å²) in [4.78, 5) is 14.6. The SMILES string of the molecule is CC(C)Cc1cc(C(=O)NCCN2CCCC(c3ccccc3)C2)on1. The van der Waals surface area contributed by atoms with Gasteiger partial charge in [0.2, 0.25) is 5.76 Å². The molecule has 0 spiro atoms. The number of nitrogens with one attached hydrogen (secondary N) is 1. The van der Waals surface area contributed by atoms with Crippen molar-refractivity contribution >= 4 is 5.91 Å². The Morgan fingerprint density at radius 1 is 1.35 bits per heavy atom. The molecule has 0 bridgehead atoms. The molecule has 1 amide bonds. The first kappa shape index (κ1) is 18.6. The Kier molecular flexibility index (Phi) is 6.45. The number of aromatic nitrogens is 1. The first-order chi connectivity index (χ1) is 12.6. The van der Waals surface area contributed by atoms with Crippen LogP contribution < -0.4 is 5.32 Å². The maximum Gasteiger partial charge on any atom is 0.289 e. The smallest absolute Gasteiger partial charge is 0.289 e. The molecule has 1 N–H and O–H groups in total. The van der Waals surface area contributed by atoms with Crippen LogP contribution in [0.3, 0.4) is 0 Å². The minimum Gasteiger partial charge on any atom is -0.351 e. The fraction of sp³-hybridized carbons (Fsp3) is 0.524. The molecule has 1 aromatic heterocycles. The molecule has 140 valence electrons. The van der Waals surface area contributed by atoms with Crippen molar-refractivity contribution in [2.24, 2.45) is 5.92 Å². The normalized spacial score (nSPS) is 18.2. The minimum atomic E-state index is -0.177. The molecule has 1 saturated heterocycles. The van der Waals surface area contributed by atoms with Gasteiger partial charge in [-0.05, 0) is 43.2 Å². The molecule has 1 aliphatic rings. The van der Waals surface area contributed by atoms with Crippen molar-refractivity contribution in [1.29, 1.82) is 0 Å². The van der Waals surface area contributed by atoms with Crippen LogP contribution in [0.25, 0.3) is 0 Å². The van der Waals surface area contributed by atoms with Crippen molar-refractivity contribution in [3.05, 3.63) is 53.4 Å². The number of carbonyl (C=O) groups excluding carboxylic acids is 1. The zero-order valence-electron chi connectivity index (χ0n) is 15.8. The second-order valence-corrected chi connectivity index (χ2v) is 7.59. The standard InChI is InChI=1S/C21H29N3O2/c1-16(2)13-19-14-20(26-23-19)21(25)22-10-12-24-11-6-9-18(15-24)17-7-4-3-5-8-17/h3-5,7-8,14,16,18H,6,9-13,15H2,1-2H3,(H,22,25). The van der Waals surface area contributed by atoms with Gasteiger partial charge in [-0.25, -0.2) is 0 Å². The number of carbonyl (C=O) groups is 1. The number of piperidine rings is 1. The van der Waals surface area contributed by atoms with Gasteiger partial charge in [-0.1, -0.05) is 49.3 Å². The lowest BCUT2D eigenvalue weighted by Gasteiger charge is -2.33. The highest BCUT2D eigenvalue weighted by Crippen LogP contribution is 2.26. The van der Waals surface area contributed by atoms with Gasteiger partial charge >= 0.3 is 0 Å². The van der Waals surface area contributed by atoms with Crippen LogP contribution in [0.2, 0.25) is 0 Å². The fourth-order valence-electron chi connectivity index (χ4n) is 3.60. The summed E-state index contributed by atoms with van der Waals surface area (Å²) in [6, 6.07) is 12.5. The number of rotatable bonds is 7. The van der Waals surface area contributed by atoms with Gasteiger partial charge < -0.3 is 14.7 Å². The Bertz CT molecular complexity index is 696. The molecule has 0 saturated carbocycles. The summed E-state index contributed by atoms with van der Waals surface area (Å²) in [6.45, 7) is 7.88. The fourth-order valence-corrected chi connectivity index (χ4v) is 3.60. The predicted octanol–water partition coefficient (Wildman–Crippen LogP) is 3.48. The topological polar surface area (TPSA) is 58.4 Å². The summed E-state index contributed by atoms with van der Waals surface area (Å²) in [5.41, 5.74) is 2.26. The van der Waals surface area contributed by atoms with Crippen LogP contribution in [0.1, 0.15) is 54.4 Å². The van der Waals surface area contributed by atoms with Gasteiger partial charge in [0.15, 0.2) is 0 Å². The van der Waals surface area contributed by atoms with E-state index in [9.17, 15) is 4.79 Å². The highest BCUT2D eigenvalue weighted by molar-refractivity contribution is 5.91. The zero-order chi connectivity index (χ0) is 18.4. The van der Waals surface area contributed by atoms with Crippen LogP contribution in [0, 0.1) is 5.92 Å². The van der Waals surface area contributed by atoms with Crippen molar-refractivity contribution < 1.29 is 9.32 Å². The van der Waals surface area contributed by atoms with E-state index in [-0.39, 0.29) is 5.91 Å². The molecular weight excluding hydrogens is 326 g/mol. The van der Waals surface area contributed by atoms with Crippen LogP contribution >= 0.6 is 0 Å². The predicted molar refractivity (Wildman–Crippen MR) is 102 cm³/mol. The van der Waals surface area contributed by atoms with Crippen molar-refractivity contribution in [3.63, 3.8) is 0 Å². The van der Waals surface area contributed by atoms with E-state index in [2.05, 4.69) is 59.6 Å². The summed E-state index contributed by atoms with van der Waals surface area (Å²) in [7, 11) is 0. The molecule has 1 fully saturated rings. The Morgan fingerprint density at radius 3 is 2.92 bits per heavy atom. The minimum absolute atomic E-state index is 0.177. The summed E-state index contributed by atoms with van der Waals surface area (Å²) in [6.07, 6.45) is 3.27. The lowest BCUT2D eigenvalue weighted by molar-refractivity contribution is 0.0908. The molecular formula is C21H29N3O2. The van der Waals surface area contributed by atoms with Crippen LogP contribution in [0.5, 0.6) is 0 Å². The Hall–Kier alpha value is -2.14. The van der Waals surface area contributed by atoms with E-state index in [0.717, 1.165) is 31.7 Å². The molecule has 1 aromatic carbocycles. The molecule has 2 aromatic rings. The molecule has 1 unspecified atom stereocenters. The van der Waals surface area contributed by atoms with Crippen LogP contribution in [-0.4, -0.2) is 42.1 Å². The third-order valence-corrected chi connectivity index (χ3v) is 4.89. The van der Waals surface area contributed by atoms with Crippen molar-refractivity contribution in [2.45, 2.75) is 39.0 Å². The van der Waals surface area contributed by atoms with Gasteiger partial charge in [0, 0.05) is 25.7 Å². The van der Waals surface area contributed by atoms with Crippen LogP contribution in [-0.2, 0) is 6.42 Å². The summed E-state index contributed by atoms with van der Waals surface area (Å²) in [5, 5.41) is 6.93. The Balaban J connectivity index is 1.44. The third-order valence-electron chi connectivity index (χ3n) is 4.89. The van der Waals surface area contributed by atoms with Crippen LogP contribution in [0.15, 0.2) is 40.9 Å². The third kappa shape index (κ3) is 5.18. The van der Waals surface area contributed by atoms with Crippen LogP contribution in [0.4, 0.5) is 0 Å². The van der Waals surface area contributed by atoms with E-state index in [1.807, 2.05) is 0 Å². The maximum absolute atomic E-state index is 12.2. The van der Waals surface area contributed by atoms with Crippen molar-refractivity contribution in [2.75, 3.05) is 26.2 Å². The van der Waals surface area contributed by atoms with Crippen molar-refractivity contribution in [1.82, 2.24) is 15.4 Å². The first-order valence-electron chi connectivity index (χ1n) is 9.63. The Morgan fingerprint density at radius 2 is 2.15 bits per heavy atom. The molecule has 5 heteroatoms. The lowest BCUT2D eigenvalue weighted by atomic mass is 9.91.